The Labute approximate surface area is 123 Å². The second-order valence-corrected chi connectivity index (χ2v) is 7.94. The lowest BCUT2D eigenvalue weighted by Gasteiger charge is -2.28. The summed E-state index contributed by atoms with van der Waals surface area (Å²) in [5.74, 6) is 0.983. The lowest BCUT2D eigenvalue weighted by atomic mass is 9.86. The van der Waals surface area contributed by atoms with Gasteiger partial charge < -0.3 is 10.5 Å². The minimum atomic E-state index is 0.115. The number of hydrogen-bond donors (Lipinski definition) is 1. The number of aryl methyl sites for hydroxylation is 1. The average molecular weight is 275 g/mol. The summed E-state index contributed by atoms with van der Waals surface area (Å²) in [7, 11) is 0. The van der Waals surface area contributed by atoms with Crippen molar-refractivity contribution in [2.75, 3.05) is 0 Å². The van der Waals surface area contributed by atoms with Crippen LogP contribution in [0.2, 0.25) is 0 Å². The minimum Gasteiger partial charge on any atom is -0.489 e. The number of rotatable bonds is 2. The lowest BCUT2D eigenvalue weighted by Crippen LogP contribution is -2.42. The summed E-state index contributed by atoms with van der Waals surface area (Å²) >= 11 is 0. The summed E-state index contributed by atoms with van der Waals surface area (Å²) < 4.78 is 6.20. The van der Waals surface area contributed by atoms with Crippen LogP contribution in [0.25, 0.3) is 0 Å². The van der Waals surface area contributed by atoms with Crippen LogP contribution in [0.15, 0.2) is 18.2 Å². The van der Waals surface area contributed by atoms with E-state index in [1.807, 2.05) is 0 Å². The highest BCUT2D eigenvalue weighted by Gasteiger charge is 2.41. The van der Waals surface area contributed by atoms with Gasteiger partial charge in [0.2, 0.25) is 0 Å². The predicted molar refractivity (Wildman–Crippen MR) is 85.3 cm³/mol. The van der Waals surface area contributed by atoms with Crippen molar-refractivity contribution in [3.8, 4) is 5.75 Å². The van der Waals surface area contributed by atoms with E-state index < -0.39 is 0 Å². The van der Waals surface area contributed by atoms with Crippen LogP contribution in [-0.2, 0) is 5.41 Å². The molecule has 0 heterocycles. The third-order valence-electron chi connectivity index (χ3n) is 4.70. The minimum absolute atomic E-state index is 0.115. The molecule has 2 unspecified atom stereocenters. The Morgan fingerprint density at radius 3 is 2.35 bits per heavy atom. The fraction of sp³-hybridized carbons (Fsp3) is 0.667. The summed E-state index contributed by atoms with van der Waals surface area (Å²) in [5, 5.41) is 0. The van der Waals surface area contributed by atoms with Gasteiger partial charge in [0.1, 0.15) is 11.9 Å². The maximum absolute atomic E-state index is 6.33. The maximum Gasteiger partial charge on any atom is 0.122 e. The molecular weight excluding hydrogens is 246 g/mol. The zero-order valence-electron chi connectivity index (χ0n) is 13.8. The van der Waals surface area contributed by atoms with Gasteiger partial charge >= 0.3 is 0 Å². The van der Waals surface area contributed by atoms with Crippen LogP contribution in [0.5, 0.6) is 5.75 Å². The molecule has 1 aliphatic carbocycles. The first-order valence-electron chi connectivity index (χ1n) is 7.65. The van der Waals surface area contributed by atoms with Crippen molar-refractivity contribution in [2.24, 2.45) is 11.1 Å². The van der Waals surface area contributed by atoms with E-state index in [-0.39, 0.29) is 23.0 Å². The molecule has 0 bridgehead atoms. The van der Waals surface area contributed by atoms with Crippen LogP contribution >= 0.6 is 0 Å². The molecule has 0 radical (unpaired) electrons. The largest absolute Gasteiger partial charge is 0.489 e. The highest BCUT2D eigenvalue weighted by atomic mass is 16.5. The molecule has 1 fully saturated rings. The maximum atomic E-state index is 6.33. The molecule has 2 rings (SSSR count). The van der Waals surface area contributed by atoms with Gasteiger partial charge in [-0.25, -0.2) is 0 Å². The molecule has 0 spiro atoms. The Balaban J connectivity index is 2.16. The van der Waals surface area contributed by atoms with Crippen LogP contribution in [0, 0.1) is 12.3 Å². The summed E-state index contributed by atoms with van der Waals surface area (Å²) in [4.78, 5) is 0. The van der Waals surface area contributed by atoms with Gasteiger partial charge in [-0.15, -0.1) is 0 Å². The summed E-state index contributed by atoms with van der Waals surface area (Å²) in [6.45, 7) is 13.3. The molecule has 2 nitrogen and oxygen atoms in total. The number of hydrogen-bond acceptors (Lipinski definition) is 2. The molecule has 0 saturated heterocycles. The second kappa shape index (κ2) is 5.07. The Morgan fingerprint density at radius 2 is 1.90 bits per heavy atom. The van der Waals surface area contributed by atoms with Gasteiger partial charge in [-0.05, 0) is 47.8 Å². The highest BCUT2D eigenvalue weighted by molar-refractivity contribution is 5.39. The van der Waals surface area contributed by atoms with E-state index in [2.05, 4.69) is 59.7 Å². The number of ether oxygens (including phenoxy) is 1. The van der Waals surface area contributed by atoms with Crippen molar-refractivity contribution in [1.82, 2.24) is 0 Å². The van der Waals surface area contributed by atoms with Crippen LogP contribution < -0.4 is 10.5 Å². The molecule has 0 aromatic heterocycles. The van der Waals surface area contributed by atoms with Crippen LogP contribution in [-0.4, -0.2) is 12.1 Å². The molecule has 0 amide bonds. The summed E-state index contributed by atoms with van der Waals surface area (Å²) in [6.07, 6.45) is 2.33. The van der Waals surface area contributed by atoms with Gasteiger partial charge in [0.15, 0.2) is 0 Å². The van der Waals surface area contributed by atoms with Gasteiger partial charge in [0.25, 0.3) is 0 Å². The molecule has 1 saturated carbocycles. The van der Waals surface area contributed by atoms with E-state index in [1.165, 1.54) is 11.1 Å². The van der Waals surface area contributed by atoms with Gasteiger partial charge in [-0.3, -0.25) is 0 Å². The van der Waals surface area contributed by atoms with Crippen LogP contribution in [0.4, 0.5) is 0 Å². The van der Waals surface area contributed by atoms with Crippen molar-refractivity contribution in [3.63, 3.8) is 0 Å². The molecular formula is C18H29NO. The predicted octanol–water partition coefficient (Wildman–Crippen LogP) is 4.19. The quantitative estimate of drug-likeness (QED) is 0.878. The smallest absolute Gasteiger partial charge is 0.122 e. The van der Waals surface area contributed by atoms with E-state index in [0.29, 0.717) is 0 Å². The standard InChI is InChI=1S/C18H29NO/c1-12-11-13(17(2,3)4)7-8-14(12)20-15-9-10-18(5,6)16(15)19/h7-8,11,15-16H,9-10,19H2,1-6H3. The fourth-order valence-corrected chi connectivity index (χ4v) is 2.91. The van der Waals surface area contributed by atoms with E-state index in [0.717, 1.165) is 18.6 Å². The SMILES string of the molecule is Cc1cc(C(C)(C)C)ccc1OC1CCC(C)(C)C1N. The van der Waals surface area contributed by atoms with Crippen molar-refractivity contribution in [3.05, 3.63) is 29.3 Å². The third-order valence-corrected chi connectivity index (χ3v) is 4.70. The first-order chi connectivity index (χ1) is 9.11. The molecule has 1 aliphatic rings. The van der Waals surface area contributed by atoms with Gasteiger partial charge in [0.05, 0.1) is 0 Å². The topological polar surface area (TPSA) is 35.2 Å². The lowest BCUT2D eigenvalue weighted by molar-refractivity contribution is 0.164. The van der Waals surface area contributed by atoms with E-state index in [4.69, 9.17) is 10.5 Å². The van der Waals surface area contributed by atoms with Crippen molar-refractivity contribution >= 4 is 0 Å². The number of benzene rings is 1. The first-order valence-corrected chi connectivity index (χ1v) is 7.65. The highest BCUT2D eigenvalue weighted by Crippen LogP contribution is 2.39. The van der Waals surface area contributed by atoms with Crippen LogP contribution in [0.1, 0.15) is 58.6 Å². The Hall–Kier alpha value is -1.02. The Morgan fingerprint density at radius 1 is 1.25 bits per heavy atom. The van der Waals surface area contributed by atoms with E-state index in [9.17, 15) is 0 Å². The number of nitrogens with two attached hydrogens (primary N) is 1. The zero-order chi connectivity index (χ0) is 15.1. The fourth-order valence-electron chi connectivity index (χ4n) is 2.91. The van der Waals surface area contributed by atoms with Gasteiger partial charge in [-0.2, -0.15) is 0 Å². The second-order valence-electron chi connectivity index (χ2n) is 7.94. The Kier molecular flexibility index (Phi) is 3.90. The van der Waals surface area contributed by atoms with Crippen LogP contribution in [0.3, 0.4) is 0 Å². The van der Waals surface area contributed by atoms with Gasteiger partial charge in [-0.1, -0.05) is 46.8 Å². The molecule has 0 aliphatic heterocycles. The van der Waals surface area contributed by atoms with Crippen molar-refractivity contribution in [2.45, 2.75) is 71.9 Å². The molecule has 2 atom stereocenters. The molecule has 1 aromatic rings. The molecule has 2 N–H and O–H groups in total. The van der Waals surface area contributed by atoms with Crippen molar-refractivity contribution in [1.29, 1.82) is 0 Å². The zero-order valence-corrected chi connectivity index (χ0v) is 13.8. The van der Waals surface area contributed by atoms with E-state index in [1.54, 1.807) is 0 Å². The van der Waals surface area contributed by atoms with E-state index >= 15 is 0 Å². The summed E-state index contributed by atoms with van der Waals surface area (Å²) in [6, 6.07) is 6.63. The van der Waals surface area contributed by atoms with Gasteiger partial charge in [0, 0.05) is 6.04 Å². The van der Waals surface area contributed by atoms with Crippen molar-refractivity contribution < 1.29 is 4.74 Å². The molecule has 112 valence electrons. The summed E-state index contributed by atoms with van der Waals surface area (Å²) in [5.41, 5.74) is 9.24. The monoisotopic (exact) mass is 275 g/mol. The molecule has 1 aromatic carbocycles. The molecule has 2 heteroatoms. The first kappa shape index (κ1) is 15.4. The molecule has 20 heavy (non-hydrogen) atoms. The normalized spacial score (nSPS) is 25.8. The third kappa shape index (κ3) is 3.01. The average Bonchev–Trinajstić information content (AvgIpc) is 2.57. The Bertz CT molecular complexity index is 485.